The second kappa shape index (κ2) is 6.68. The number of fused-ring (bicyclic) bond motifs is 1. The Balaban J connectivity index is 1.50. The molecule has 7 nitrogen and oxygen atoms in total. The van der Waals surface area contributed by atoms with Gasteiger partial charge in [-0.05, 0) is 42.5 Å². The molecular weight excluding hydrogens is 374 g/mol. The number of nitrogens with two attached hydrogens (primary N) is 1. The van der Waals surface area contributed by atoms with E-state index in [9.17, 15) is 8.42 Å². The molecule has 1 aromatic heterocycles. The predicted molar refractivity (Wildman–Crippen MR) is 101 cm³/mol. The molecule has 0 radical (unpaired) electrons. The molecule has 0 spiro atoms. The van der Waals surface area contributed by atoms with Crippen molar-refractivity contribution in [2.45, 2.75) is 24.2 Å². The van der Waals surface area contributed by atoms with Gasteiger partial charge in [0, 0.05) is 32.2 Å². The average molecular weight is 394 g/mol. The van der Waals surface area contributed by atoms with Crippen molar-refractivity contribution in [1.82, 2.24) is 14.3 Å². The Morgan fingerprint density at radius 3 is 2.46 bits per heavy atom. The molecule has 1 aromatic carbocycles. The highest BCUT2D eigenvalue weighted by molar-refractivity contribution is 7.89. The van der Waals surface area contributed by atoms with Gasteiger partial charge >= 0.3 is 0 Å². The molecule has 2 aliphatic rings. The molecule has 26 heavy (non-hydrogen) atoms. The molecule has 0 atom stereocenters. The molecule has 4 rings (SSSR count). The van der Waals surface area contributed by atoms with Crippen LogP contribution >= 0.6 is 11.6 Å². The van der Waals surface area contributed by atoms with E-state index in [1.807, 2.05) is 17.0 Å². The molecule has 2 heterocycles. The number of hydrogen-bond acceptors (Lipinski definition) is 6. The topological polar surface area (TPSA) is 92.4 Å². The molecule has 1 saturated heterocycles. The lowest BCUT2D eigenvalue weighted by Gasteiger charge is -2.34. The molecule has 0 bridgehead atoms. The Bertz CT molecular complexity index is 922. The number of nitrogen functional groups attached to an aromatic ring is 1. The summed E-state index contributed by atoms with van der Waals surface area (Å²) in [6.07, 6.45) is 3.10. The van der Waals surface area contributed by atoms with E-state index in [1.54, 1.807) is 12.1 Å². The first-order valence-electron chi connectivity index (χ1n) is 8.60. The SMILES string of the molecule is Nc1nc(Cl)cc(N2CCN(S(=O)(=O)c3ccc4c(c3)CCC4)CC2)n1. The number of anilines is 2. The normalized spacial score (nSPS) is 18.1. The van der Waals surface area contributed by atoms with Crippen molar-refractivity contribution < 1.29 is 8.42 Å². The molecule has 9 heteroatoms. The Labute approximate surface area is 157 Å². The maximum Gasteiger partial charge on any atom is 0.243 e. The minimum absolute atomic E-state index is 0.112. The molecule has 2 N–H and O–H groups in total. The van der Waals surface area contributed by atoms with E-state index in [0.717, 1.165) is 24.8 Å². The van der Waals surface area contributed by atoms with Crippen LogP contribution in [0.1, 0.15) is 17.5 Å². The second-order valence-corrected chi connectivity index (χ2v) is 8.91. The fourth-order valence-electron chi connectivity index (χ4n) is 3.60. The van der Waals surface area contributed by atoms with Crippen LogP contribution in [0, 0.1) is 0 Å². The van der Waals surface area contributed by atoms with Crippen LogP contribution in [-0.4, -0.2) is 48.9 Å². The smallest absolute Gasteiger partial charge is 0.243 e. The van der Waals surface area contributed by atoms with E-state index in [-0.39, 0.29) is 11.1 Å². The van der Waals surface area contributed by atoms with Crippen molar-refractivity contribution in [2.75, 3.05) is 36.8 Å². The number of piperazine rings is 1. The largest absolute Gasteiger partial charge is 0.368 e. The number of benzene rings is 1. The maximum absolute atomic E-state index is 13.0. The number of nitrogens with zero attached hydrogens (tertiary/aromatic N) is 4. The van der Waals surface area contributed by atoms with Gasteiger partial charge in [0.15, 0.2) is 0 Å². The van der Waals surface area contributed by atoms with Gasteiger partial charge in [0.2, 0.25) is 16.0 Å². The second-order valence-electron chi connectivity index (χ2n) is 6.58. The molecule has 0 unspecified atom stereocenters. The molecule has 138 valence electrons. The third-order valence-electron chi connectivity index (χ3n) is 4.97. The molecule has 1 aliphatic carbocycles. The fraction of sp³-hybridized carbons (Fsp3) is 0.412. The van der Waals surface area contributed by atoms with E-state index < -0.39 is 10.0 Å². The summed E-state index contributed by atoms with van der Waals surface area (Å²) in [5.74, 6) is 0.734. The number of hydrogen-bond donors (Lipinski definition) is 1. The Hall–Kier alpha value is -1.90. The van der Waals surface area contributed by atoms with Gasteiger partial charge in [-0.15, -0.1) is 0 Å². The summed E-state index contributed by atoms with van der Waals surface area (Å²) in [6.45, 7) is 1.83. The van der Waals surface area contributed by atoms with Crippen molar-refractivity contribution in [2.24, 2.45) is 0 Å². The number of sulfonamides is 1. The van der Waals surface area contributed by atoms with Gasteiger partial charge in [-0.2, -0.15) is 9.29 Å². The first-order valence-corrected chi connectivity index (χ1v) is 10.4. The number of rotatable bonds is 3. The van der Waals surface area contributed by atoms with Crippen LogP contribution in [0.3, 0.4) is 0 Å². The monoisotopic (exact) mass is 393 g/mol. The van der Waals surface area contributed by atoms with E-state index in [0.29, 0.717) is 36.9 Å². The zero-order valence-electron chi connectivity index (χ0n) is 14.2. The standard InChI is InChI=1S/C17H20ClN5O2S/c18-15-11-16(21-17(19)20-15)22-6-8-23(9-7-22)26(24,25)14-5-4-12-2-1-3-13(12)10-14/h4-5,10-11H,1-3,6-9H2,(H2,19,20,21). The third-order valence-corrected chi connectivity index (χ3v) is 7.06. The van der Waals surface area contributed by atoms with Gasteiger partial charge in [-0.25, -0.2) is 13.4 Å². The van der Waals surface area contributed by atoms with Crippen LogP contribution in [0.4, 0.5) is 11.8 Å². The fourth-order valence-corrected chi connectivity index (χ4v) is 5.26. The lowest BCUT2D eigenvalue weighted by atomic mass is 10.1. The summed E-state index contributed by atoms with van der Waals surface area (Å²) < 4.78 is 27.5. The van der Waals surface area contributed by atoms with Crippen LogP contribution in [0.15, 0.2) is 29.2 Å². The molecule has 0 amide bonds. The zero-order valence-corrected chi connectivity index (χ0v) is 15.8. The summed E-state index contributed by atoms with van der Waals surface area (Å²) in [5.41, 5.74) is 8.08. The molecular formula is C17H20ClN5O2S. The van der Waals surface area contributed by atoms with Crippen molar-refractivity contribution >= 4 is 33.4 Å². The predicted octanol–water partition coefficient (Wildman–Crippen LogP) is 1.71. The quantitative estimate of drug-likeness (QED) is 0.798. The van der Waals surface area contributed by atoms with Gasteiger partial charge < -0.3 is 10.6 Å². The summed E-state index contributed by atoms with van der Waals surface area (Å²) in [6, 6.07) is 7.17. The maximum atomic E-state index is 13.0. The summed E-state index contributed by atoms with van der Waals surface area (Å²) in [4.78, 5) is 10.4. The Kier molecular flexibility index (Phi) is 4.50. The minimum Gasteiger partial charge on any atom is -0.368 e. The van der Waals surface area contributed by atoms with Crippen LogP contribution < -0.4 is 10.6 Å². The number of aromatic nitrogens is 2. The van der Waals surface area contributed by atoms with Gasteiger partial charge in [-0.1, -0.05) is 17.7 Å². The highest BCUT2D eigenvalue weighted by atomic mass is 35.5. The molecule has 0 saturated carbocycles. The zero-order chi connectivity index (χ0) is 18.3. The summed E-state index contributed by atoms with van der Waals surface area (Å²) >= 11 is 5.93. The van der Waals surface area contributed by atoms with Gasteiger partial charge in [0.1, 0.15) is 11.0 Å². The van der Waals surface area contributed by atoms with Gasteiger partial charge in [0.25, 0.3) is 0 Å². The lowest BCUT2D eigenvalue weighted by molar-refractivity contribution is 0.384. The van der Waals surface area contributed by atoms with E-state index in [4.69, 9.17) is 17.3 Å². The van der Waals surface area contributed by atoms with Crippen LogP contribution in [-0.2, 0) is 22.9 Å². The Morgan fingerprint density at radius 1 is 1.00 bits per heavy atom. The first-order chi connectivity index (χ1) is 12.4. The summed E-state index contributed by atoms with van der Waals surface area (Å²) in [7, 11) is -3.48. The third kappa shape index (κ3) is 3.24. The van der Waals surface area contributed by atoms with Crippen molar-refractivity contribution in [3.8, 4) is 0 Å². The Morgan fingerprint density at radius 2 is 1.73 bits per heavy atom. The molecule has 1 fully saturated rings. The van der Waals surface area contributed by atoms with Crippen LogP contribution in [0.5, 0.6) is 0 Å². The van der Waals surface area contributed by atoms with E-state index in [1.165, 1.54) is 9.87 Å². The average Bonchev–Trinajstić information content (AvgIpc) is 3.09. The van der Waals surface area contributed by atoms with Crippen molar-refractivity contribution in [1.29, 1.82) is 0 Å². The highest BCUT2D eigenvalue weighted by Gasteiger charge is 2.30. The number of aryl methyl sites for hydroxylation is 2. The summed E-state index contributed by atoms with van der Waals surface area (Å²) in [5, 5.41) is 0.278. The van der Waals surface area contributed by atoms with E-state index >= 15 is 0 Å². The lowest BCUT2D eigenvalue weighted by Crippen LogP contribution is -2.49. The van der Waals surface area contributed by atoms with E-state index in [2.05, 4.69) is 9.97 Å². The molecule has 1 aliphatic heterocycles. The van der Waals surface area contributed by atoms with Crippen LogP contribution in [0.2, 0.25) is 5.15 Å². The van der Waals surface area contributed by atoms with Crippen molar-refractivity contribution in [3.63, 3.8) is 0 Å². The van der Waals surface area contributed by atoms with Gasteiger partial charge in [0.05, 0.1) is 4.90 Å². The van der Waals surface area contributed by atoms with Crippen LogP contribution in [0.25, 0.3) is 0 Å². The minimum atomic E-state index is -3.48. The first kappa shape index (κ1) is 17.5. The number of halogens is 1. The van der Waals surface area contributed by atoms with Crippen molar-refractivity contribution in [3.05, 3.63) is 40.5 Å². The van der Waals surface area contributed by atoms with Gasteiger partial charge in [-0.3, -0.25) is 0 Å². The molecule has 2 aromatic rings. The highest BCUT2D eigenvalue weighted by Crippen LogP contribution is 2.27.